The van der Waals surface area contributed by atoms with Gasteiger partial charge in [-0.15, -0.1) is 0 Å². The molecule has 0 N–H and O–H groups in total. The van der Waals surface area contributed by atoms with E-state index in [1.807, 2.05) is 44.2 Å². The molecule has 0 amide bonds. The Kier molecular flexibility index (Phi) is 4.90. The van der Waals surface area contributed by atoms with Gasteiger partial charge in [-0.2, -0.15) is 4.99 Å². The van der Waals surface area contributed by atoms with Gasteiger partial charge in [0.25, 0.3) is 0 Å². The standard InChI is InChI=1S/C13H17NO2/c1-10(2)12(14-9-15)13(16-3)11-7-5-4-6-8-11/h4-8,10,12-13H,1-3H3/t12-,13+/m0/s1. The Morgan fingerprint density at radius 2 is 1.88 bits per heavy atom. The first-order valence-corrected chi connectivity index (χ1v) is 5.35. The Morgan fingerprint density at radius 1 is 1.25 bits per heavy atom. The van der Waals surface area contributed by atoms with Crippen molar-refractivity contribution in [2.24, 2.45) is 10.9 Å². The summed E-state index contributed by atoms with van der Waals surface area (Å²) < 4.78 is 5.44. The zero-order valence-corrected chi connectivity index (χ0v) is 9.88. The van der Waals surface area contributed by atoms with Crippen LogP contribution in [0.5, 0.6) is 0 Å². The summed E-state index contributed by atoms with van der Waals surface area (Å²) in [7, 11) is 1.63. The van der Waals surface area contributed by atoms with Gasteiger partial charge in [-0.3, -0.25) is 0 Å². The first-order valence-electron chi connectivity index (χ1n) is 5.35. The molecule has 0 aliphatic carbocycles. The Morgan fingerprint density at radius 3 is 2.31 bits per heavy atom. The van der Waals surface area contributed by atoms with E-state index in [1.54, 1.807) is 13.2 Å². The lowest BCUT2D eigenvalue weighted by Gasteiger charge is -2.24. The second-order valence-electron chi connectivity index (χ2n) is 4.02. The molecular formula is C13H17NO2. The van der Waals surface area contributed by atoms with Crippen LogP contribution in [0.2, 0.25) is 0 Å². The maximum Gasteiger partial charge on any atom is 0.235 e. The average molecular weight is 219 g/mol. The SMILES string of the molecule is CO[C@H](c1ccccc1)[C@@H](N=C=O)C(C)C. The Hall–Kier alpha value is -1.44. The van der Waals surface area contributed by atoms with Crippen LogP contribution in [0.1, 0.15) is 25.5 Å². The minimum Gasteiger partial charge on any atom is -0.374 e. The molecule has 0 saturated carbocycles. The third-order valence-corrected chi connectivity index (χ3v) is 2.58. The highest BCUT2D eigenvalue weighted by molar-refractivity contribution is 5.34. The quantitative estimate of drug-likeness (QED) is 0.564. The van der Waals surface area contributed by atoms with Gasteiger partial charge in [0.15, 0.2) is 0 Å². The van der Waals surface area contributed by atoms with Crippen molar-refractivity contribution in [1.29, 1.82) is 0 Å². The molecule has 0 aliphatic heterocycles. The predicted molar refractivity (Wildman–Crippen MR) is 62.9 cm³/mol. The maximum absolute atomic E-state index is 10.4. The van der Waals surface area contributed by atoms with Gasteiger partial charge in [0.2, 0.25) is 6.08 Å². The monoisotopic (exact) mass is 219 g/mol. The molecule has 16 heavy (non-hydrogen) atoms. The van der Waals surface area contributed by atoms with Crippen molar-refractivity contribution in [3.05, 3.63) is 35.9 Å². The number of hydrogen-bond acceptors (Lipinski definition) is 3. The number of nitrogens with zero attached hydrogens (tertiary/aromatic N) is 1. The molecule has 86 valence electrons. The molecule has 3 nitrogen and oxygen atoms in total. The van der Waals surface area contributed by atoms with Crippen LogP contribution in [0.25, 0.3) is 0 Å². The van der Waals surface area contributed by atoms with Crippen molar-refractivity contribution < 1.29 is 9.53 Å². The highest BCUT2D eigenvalue weighted by Crippen LogP contribution is 2.27. The molecule has 0 heterocycles. The minimum atomic E-state index is -0.192. The second-order valence-corrected chi connectivity index (χ2v) is 4.02. The van der Waals surface area contributed by atoms with Crippen LogP contribution in [-0.2, 0) is 9.53 Å². The molecule has 3 heteroatoms. The van der Waals surface area contributed by atoms with Crippen LogP contribution in [-0.4, -0.2) is 19.2 Å². The summed E-state index contributed by atoms with van der Waals surface area (Å²) in [5.41, 5.74) is 1.03. The number of isocyanates is 1. The molecule has 2 atom stereocenters. The molecular weight excluding hydrogens is 202 g/mol. The average Bonchev–Trinajstić information content (AvgIpc) is 2.30. The summed E-state index contributed by atoms with van der Waals surface area (Å²) in [6.07, 6.45) is 1.44. The molecule has 0 unspecified atom stereocenters. The largest absolute Gasteiger partial charge is 0.374 e. The minimum absolute atomic E-state index is 0.190. The summed E-state index contributed by atoms with van der Waals surface area (Å²) in [6, 6.07) is 9.61. The molecule has 0 radical (unpaired) electrons. The van der Waals surface area contributed by atoms with Gasteiger partial charge in [0, 0.05) is 7.11 Å². The van der Waals surface area contributed by atoms with Crippen LogP contribution in [0.4, 0.5) is 0 Å². The summed E-state index contributed by atoms with van der Waals surface area (Å²) in [6.45, 7) is 4.03. The fraction of sp³-hybridized carbons (Fsp3) is 0.462. The highest BCUT2D eigenvalue weighted by Gasteiger charge is 2.25. The third-order valence-electron chi connectivity index (χ3n) is 2.58. The van der Waals surface area contributed by atoms with E-state index < -0.39 is 0 Å². The van der Waals surface area contributed by atoms with Crippen molar-refractivity contribution in [2.45, 2.75) is 26.0 Å². The molecule has 0 spiro atoms. The number of carbonyl (C=O) groups excluding carboxylic acids is 1. The van der Waals surface area contributed by atoms with Gasteiger partial charge in [-0.1, -0.05) is 44.2 Å². The van der Waals surface area contributed by atoms with E-state index in [-0.39, 0.29) is 18.1 Å². The Balaban J connectivity index is 3.00. The number of rotatable bonds is 5. The number of hydrogen-bond donors (Lipinski definition) is 0. The van der Waals surface area contributed by atoms with Crippen molar-refractivity contribution in [3.63, 3.8) is 0 Å². The van der Waals surface area contributed by atoms with E-state index in [9.17, 15) is 4.79 Å². The second kappa shape index (κ2) is 6.21. The van der Waals surface area contributed by atoms with Gasteiger partial charge in [-0.05, 0) is 11.5 Å². The highest BCUT2D eigenvalue weighted by atomic mass is 16.5. The van der Waals surface area contributed by atoms with Gasteiger partial charge in [0.1, 0.15) is 6.10 Å². The molecule has 0 aromatic heterocycles. The summed E-state index contributed by atoms with van der Waals surface area (Å²) >= 11 is 0. The van der Waals surface area contributed by atoms with Gasteiger partial charge < -0.3 is 4.74 Å². The molecule has 0 bridgehead atoms. The van der Waals surface area contributed by atoms with Crippen LogP contribution in [0, 0.1) is 5.92 Å². The van der Waals surface area contributed by atoms with Crippen LogP contribution >= 0.6 is 0 Å². The fourth-order valence-corrected chi connectivity index (χ4v) is 1.74. The normalized spacial score (nSPS) is 14.2. The van der Waals surface area contributed by atoms with E-state index in [0.717, 1.165) is 5.56 Å². The molecule has 0 aliphatic rings. The first kappa shape index (κ1) is 12.6. The summed E-state index contributed by atoms with van der Waals surface area (Å²) in [5.74, 6) is 0.228. The third kappa shape index (κ3) is 3.02. The van der Waals surface area contributed by atoms with Crippen LogP contribution in [0.3, 0.4) is 0 Å². The lowest BCUT2D eigenvalue weighted by atomic mass is 9.94. The zero-order valence-electron chi connectivity index (χ0n) is 9.88. The lowest BCUT2D eigenvalue weighted by molar-refractivity contribution is 0.0671. The number of aliphatic imine (C=N–C) groups is 1. The Bertz CT molecular complexity index is 355. The smallest absolute Gasteiger partial charge is 0.235 e. The molecule has 1 aromatic carbocycles. The predicted octanol–water partition coefficient (Wildman–Crippen LogP) is 2.73. The molecule has 1 rings (SSSR count). The maximum atomic E-state index is 10.4. The number of benzene rings is 1. The topological polar surface area (TPSA) is 38.7 Å². The van der Waals surface area contributed by atoms with E-state index in [2.05, 4.69) is 4.99 Å². The van der Waals surface area contributed by atoms with E-state index in [4.69, 9.17) is 4.74 Å². The van der Waals surface area contributed by atoms with Crippen LogP contribution in [0.15, 0.2) is 35.3 Å². The lowest BCUT2D eigenvalue weighted by Crippen LogP contribution is -2.24. The summed E-state index contributed by atoms with van der Waals surface area (Å²) in [5, 5.41) is 0. The van der Waals surface area contributed by atoms with Gasteiger partial charge in [0.05, 0.1) is 6.04 Å². The summed E-state index contributed by atoms with van der Waals surface area (Å²) in [4.78, 5) is 14.3. The van der Waals surface area contributed by atoms with E-state index in [0.29, 0.717) is 0 Å². The van der Waals surface area contributed by atoms with Crippen molar-refractivity contribution in [1.82, 2.24) is 0 Å². The van der Waals surface area contributed by atoms with Crippen LogP contribution < -0.4 is 0 Å². The molecule has 0 fully saturated rings. The van der Waals surface area contributed by atoms with Crippen molar-refractivity contribution in [2.75, 3.05) is 7.11 Å². The van der Waals surface area contributed by atoms with Gasteiger partial charge >= 0.3 is 0 Å². The number of methoxy groups -OCH3 is 1. The van der Waals surface area contributed by atoms with Gasteiger partial charge in [-0.25, -0.2) is 4.79 Å². The van der Waals surface area contributed by atoms with Crippen molar-refractivity contribution in [3.8, 4) is 0 Å². The van der Waals surface area contributed by atoms with E-state index in [1.165, 1.54) is 0 Å². The van der Waals surface area contributed by atoms with Crippen molar-refractivity contribution >= 4 is 6.08 Å². The number of ether oxygens (including phenoxy) is 1. The Labute approximate surface area is 96.2 Å². The zero-order chi connectivity index (χ0) is 12.0. The molecule has 1 aromatic rings. The fourth-order valence-electron chi connectivity index (χ4n) is 1.74. The first-order chi connectivity index (χ1) is 7.70. The van der Waals surface area contributed by atoms with E-state index >= 15 is 0 Å². The molecule has 0 saturated heterocycles.